The van der Waals surface area contributed by atoms with Crippen LogP contribution in [0.3, 0.4) is 0 Å². The van der Waals surface area contributed by atoms with Crippen LogP contribution < -0.4 is 14.2 Å². The monoisotopic (exact) mass is 642 g/mol. The van der Waals surface area contributed by atoms with E-state index in [1.165, 1.54) is 37.4 Å². The highest BCUT2D eigenvalue weighted by atomic mass is 32.2. The number of anilines is 2. The highest BCUT2D eigenvalue weighted by molar-refractivity contribution is 7.93. The summed E-state index contributed by atoms with van der Waals surface area (Å²) in [5.41, 5.74) is 3.42. The predicted octanol–water partition coefficient (Wildman–Crippen LogP) is 7.15. The second kappa shape index (κ2) is 12.8. The molecule has 0 fully saturated rings. The van der Waals surface area contributed by atoms with Gasteiger partial charge in [0.1, 0.15) is 11.5 Å². The zero-order chi connectivity index (χ0) is 32.2. The molecule has 9 nitrogen and oxygen atoms in total. The minimum absolute atomic E-state index is 0.0145. The summed E-state index contributed by atoms with van der Waals surface area (Å²) in [6, 6.07) is 31.2. The fourth-order valence-electron chi connectivity index (χ4n) is 4.47. The van der Waals surface area contributed by atoms with Gasteiger partial charge in [0.25, 0.3) is 20.0 Å². The highest BCUT2D eigenvalue weighted by Gasteiger charge is 2.21. The normalized spacial score (nSPS) is 11.4. The number of ether oxygens (including phenoxy) is 2. The smallest absolute Gasteiger partial charge is 0.340 e. The van der Waals surface area contributed by atoms with E-state index in [0.717, 1.165) is 16.7 Å². The van der Waals surface area contributed by atoms with Gasteiger partial charge >= 0.3 is 5.97 Å². The van der Waals surface area contributed by atoms with Crippen molar-refractivity contribution >= 4 is 37.4 Å². The summed E-state index contributed by atoms with van der Waals surface area (Å²) < 4.78 is 68.6. The quantitative estimate of drug-likeness (QED) is 0.155. The molecule has 0 heterocycles. The highest BCUT2D eigenvalue weighted by Crippen LogP contribution is 2.36. The fourth-order valence-corrected chi connectivity index (χ4v) is 6.62. The van der Waals surface area contributed by atoms with Gasteiger partial charge in [-0.05, 0) is 80.1 Å². The van der Waals surface area contributed by atoms with Crippen LogP contribution in [0.25, 0.3) is 11.1 Å². The second-order valence-electron chi connectivity index (χ2n) is 10.2. The molecule has 5 aromatic rings. The van der Waals surface area contributed by atoms with Crippen LogP contribution in [0.1, 0.15) is 21.5 Å². The Labute approximate surface area is 262 Å². The van der Waals surface area contributed by atoms with Gasteiger partial charge in [0, 0.05) is 5.56 Å². The van der Waals surface area contributed by atoms with Crippen LogP contribution in [-0.4, -0.2) is 29.9 Å². The molecule has 5 rings (SSSR count). The molecule has 230 valence electrons. The van der Waals surface area contributed by atoms with E-state index in [1.54, 1.807) is 54.6 Å². The Balaban J connectivity index is 1.47. The number of hydrogen-bond acceptors (Lipinski definition) is 7. The van der Waals surface area contributed by atoms with Gasteiger partial charge in [-0.25, -0.2) is 21.6 Å². The zero-order valence-corrected chi connectivity index (χ0v) is 26.3. The number of carbonyl (C=O) groups excluding carboxylic acids is 1. The molecule has 45 heavy (non-hydrogen) atoms. The van der Waals surface area contributed by atoms with Crippen LogP contribution in [0.15, 0.2) is 125 Å². The molecular formula is C34H30N2O7S2. The van der Waals surface area contributed by atoms with Crippen LogP contribution in [0, 0.1) is 13.8 Å². The van der Waals surface area contributed by atoms with Gasteiger partial charge in [0.15, 0.2) is 0 Å². The van der Waals surface area contributed by atoms with Gasteiger partial charge in [-0.2, -0.15) is 0 Å². The average molecular weight is 643 g/mol. The lowest BCUT2D eigenvalue weighted by molar-refractivity contribution is 0.0601. The molecular weight excluding hydrogens is 613 g/mol. The topological polar surface area (TPSA) is 128 Å². The maximum absolute atomic E-state index is 13.2. The van der Waals surface area contributed by atoms with Crippen molar-refractivity contribution in [2.45, 2.75) is 23.6 Å². The van der Waals surface area contributed by atoms with Gasteiger partial charge in [0.2, 0.25) is 0 Å². The molecule has 0 spiro atoms. The summed E-state index contributed by atoms with van der Waals surface area (Å²) in [5, 5.41) is 0. The van der Waals surface area contributed by atoms with Crippen molar-refractivity contribution in [1.29, 1.82) is 0 Å². The van der Waals surface area contributed by atoms with Crippen LogP contribution in [0.4, 0.5) is 11.4 Å². The molecule has 0 aromatic heterocycles. The van der Waals surface area contributed by atoms with Crippen LogP contribution in [-0.2, 0) is 24.8 Å². The van der Waals surface area contributed by atoms with Crippen LogP contribution >= 0.6 is 0 Å². The van der Waals surface area contributed by atoms with Crippen molar-refractivity contribution in [3.05, 3.63) is 132 Å². The van der Waals surface area contributed by atoms with E-state index in [0.29, 0.717) is 17.0 Å². The van der Waals surface area contributed by atoms with Gasteiger partial charge in [-0.3, -0.25) is 9.44 Å². The van der Waals surface area contributed by atoms with Crippen LogP contribution in [0.5, 0.6) is 11.5 Å². The lowest BCUT2D eigenvalue weighted by Crippen LogP contribution is -2.16. The number of benzene rings is 5. The molecule has 11 heteroatoms. The van der Waals surface area contributed by atoms with E-state index < -0.39 is 26.0 Å². The number of esters is 1. The first-order valence-corrected chi connectivity index (χ1v) is 16.7. The van der Waals surface area contributed by atoms with E-state index in [1.807, 2.05) is 44.2 Å². The number of nitrogens with one attached hydrogen (secondary N) is 2. The average Bonchev–Trinajstić information content (AvgIpc) is 3.02. The number of methoxy groups -OCH3 is 1. The first kappa shape index (κ1) is 31.3. The molecule has 0 amide bonds. The molecule has 0 atom stereocenters. The maximum Gasteiger partial charge on any atom is 0.340 e. The second-order valence-corrected chi connectivity index (χ2v) is 13.6. The Bertz CT molecular complexity index is 2060. The largest absolute Gasteiger partial charge is 0.465 e. The molecule has 5 aromatic carbocycles. The lowest BCUT2D eigenvalue weighted by atomic mass is 10.0. The maximum atomic E-state index is 13.2. The third-order valence-corrected chi connectivity index (χ3v) is 9.62. The molecule has 0 aliphatic carbocycles. The van der Waals surface area contributed by atoms with Crippen molar-refractivity contribution in [3.63, 3.8) is 0 Å². The molecule has 0 aliphatic heterocycles. The van der Waals surface area contributed by atoms with Crippen LogP contribution in [0.2, 0.25) is 0 Å². The third kappa shape index (κ3) is 7.34. The SMILES string of the molecule is COC(=O)c1cc(Oc2ccc(NS(=O)(=O)c3ccc(C)cc3)c(-c3ccccc3)c2)ccc1NS(=O)(=O)c1ccc(C)cc1. The first-order valence-electron chi connectivity index (χ1n) is 13.7. The lowest BCUT2D eigenvalue weighted by Gasteiger charge is -2.16. The van der Waals surface area contributed by atoms with Crippen molar-refractivity contribution in [2.75, 3.05) is 16.6 Å². The zero-order valence-electron chi connectivity index (χ0n) is 24.6. The van der Waals surface area contributed by atoms with Gasteiger partial charge in [-0.15, -0.1) is 0 Å². The Kier molecular flexibility index (Phi) is 8.94. The number of hydrogen-bond donors (Lipinski definition) is 2. The number of aryl methyl sites for hydroxylation is 2. The first-order chi connectivity index (χ1) is 21.4. The molecule has 0 aliphatic rings. The Morgan fingerprint density at radius 3 is 1.62 bits per heavy atom. The van der Waals surface area contributed by atoms with E-state index in [4.69, 9.17) is 9.47 Å². The Morgan fingerprint density at radius 1 is 0.600 bits per heavy atom. The summed E-state index contributed by atoms with van der Waals surface area (Å²) in [6.07, 6.45) is 0. The summed E-state index contributed by atoms with van der Waals surface area (Å²) in [7, 11) is -6.70. The van der Waals surface area contributed by atoms with E-state index >= 15 is 0 Å². The molecule has 0 bridgehead atoms. The van der Waals surface area contributed by atoms with Crippen molar-refractivity contribution < 1.29 is 31.1 Å². The van der Waals surface area contributed by atoms with Gasteiger partial charge in [0.05, 0.1) is 33.8 Å². The van der Waals surface area contributed by atoms with Gasteiger partial charge in [-0.1, -0.05) is 65.7 Å². The van der Waals surface area contributed by atoms with Crippen molar-refractivity contribution in [3.8, 4) is 22.6 Å². The van der Waals surface area contributed by atoms with Crippen molar-refractivity contribution in [1.82, 2.24) is 0 Å². The third-order valence-electron chi connectivity index (χ3n) is 6.86. The van der Waals surface area contributed by atoms with E-state index in [2.05, 4.69) is 9.44 Å². The minimum atomic E-state index is -4.00. The summed E-state index contributed by atoms with van der Waals surface area (Å²) in [6.45, 7) is 3.72. The van der Waals surface area contributed by atoms with Gasteiger partial charge < -0.3 is 9.47 Å². The summed E-state index contributed by atoms with van der Waals surface area (Å²) in [4.78, 5) is 12.8. The van der Waals surface area contributed by atoms with E-state index in [-0.39, 0.29) is 26.8 Å². The number of carbonyl (C=O) groups is 1. The number of rotatable bonds is 10. The van der Waals surface area contributed by atoms with Crippen molar-refractivity contribution in [2.24, 2.45) is 0 Å². The molecule has 0 unspecified atom stereocenters. The summed E-state index contributed by atoms with van der Waals surface area (Å²) >= 11 is 0. The standard InChI is InChI=1S/C34H30N2O7S2/c1-23-9-15-28(16-10-23)44(38,39)35-32-19-13-26(21-30(32)25-7-5-4-6-8-25)43-27-14-20-33(31(22-27)34(37)42-3)36-45(40,41)29-17-11-24(2)12-18-29/h4-22,35-36H,1-3H3. The molecule has 0 radical (unpaired) electrons. The minimum Gasteiger partial charge on any atom is -0.465 e. The predicted molar refractivity (Wildman–Crippen MR) is 174 cm³/mol. The Morgan fingerprint density at radius 2 is 1.09 bits per heavy atom. The molecule has 0 saturated carbocycles. The Hall–Kier alpha value is -5.13. The molecule has 0 saturated heterocycles. The summed E-state index contributed by atoms with van der Waals surface area (Å²) in [5.74, 6) is -0.204. The molecule has 2 N–H and O–H groups in total. The fraction of sp³-hybridized carbons (Fsp3) is 0.0882. The van der Waals surface area contributed by atoms with E-state index in [9.17, 15) is 21.6 Å². The number of sulfonamides is 2.